The van der Waals surface area contributed by atoms with Crippen molar-refractivity contribution >= 4 is 17.7 Å². The van der Waals surface area contributed by atoms with Crippen LogP contribution in [0.2, 0.25) is 0 Å². The summed E-state index contributed by atoms with van der Waals surface area (Å²) in [4.78, 5) is 24.2. The number of aromatic nitrogens is 2. The number of likely N-dealkylation sites (tertiary alicyclic amines) is 1. The number of nitrogens with zero attached hydrogens (tertiary/aromatic N) is 4. The topological polar surface area (TPSA) is 98.5 Å². The summed E-state index contributed by atoms with van der Waals surface area (Å²) in [5.41, 5.74) is 0.767. The zero-order valence-electron chi connectivity index (χ0n) is 14.0. The molecule has 2 heterocycles. The molecule has 1 aromatic carbocycles. The molecule has 3 rings (SSSR count). The Bertz CT molecular complexity index is 785. The van der Waals surface area contributed by atoms with Gasteiger partial charge in [0.2, 0.25) is 11.8 Å². The quantitative estimate of drug-likeness (QED) is 0.465. The van der Waals surface area contributed by atoms with E-state index < -0.39 is 4.92 Å². The zero-order valence-corrected chi connectivity index (χ0v) is 14.0. The second kappa shape index (κ2) is 8.19. The van der Waals surface area contributed by atoms with Crippen molar-refractivity contribution in [3.8, 4) is 5.88 Å². The third-order valence-corrected chi connectivity index (χ3v) is 4.11. The molecule has 0 bridgehead atoms. The van der Waals surface area contributed by atoms with Gasteiger partial charge in [0.15, 0.2) is 0 Å². The van der Waals surface area contributed by atoms with Crippen LogP contribution in [-0.2, 0) is 4.79 Å². The maximum absolute atomic E-state index is 12.3. The number of nitro groups is 1. The molecule has 0 spiro atoms. The summed E-state index contributed by atoms with van der Waals surface area (Å²) >= 11 is 0. The minimum Gasteiger partial charge on any atom is -0.473 e. The minimum atomic E-state index is -0.452. The molecule has 1 saturated heterocycles. The van der Waals surface area contributed by atoms with E-state index in [1.165, 1.54) is 18.2 Å². The van der Waals surface area contributed by atoms with Crippen LogP contribution >= 0.6 is 0 Å². The molecule has 26 heavy (non-hydrogen) atoms. The van der Waals surface area contributed by atoms with Crippen LogP contribution < -0.4 is 4.74 Å². The number of carbonyl (C=O) groups excluding carboxylic acids is 1. The number of nitro benzene ring substituents is 1. The Balaban J connectivity index is 1.49. The van der Waals surface area contributed by atoms with E-state index in [-0.39, 0.29) is 17.7 Å². The van der Waals surface area contributed by atoms with Gasteiger partial charge in [-0.1, -0.05) is 0 Å². The second-order valence-corrected chi connectivity index (χ2v) is 5.89. The Kier molecular flexibility index (Phi) is 5.52. The number of hydrogen-bond donors (Lipinski definition) is 0. The minimum absolute atomic E-state index is 0.0226. The number of amides is 1. The predicted octanol–water partition coefficient (Wildman–Crippen LogP) is 2.47. The summed E-state index contributed by atoms with van der Waals surface area (Å²) in [6.07, 6.45) is 6.22. The number of hydrogen-bond acceptors (Lipinski definition) is 6. The number of carbonyl (C=O) groups is 1. The molecule has 1 fully saturated rings. The van der Waals surface area contributed by atoms with Gasteiger partial charge in [0.05, 0.1) is 4.92 Å². The molecular weight excluding hydrogens is 336 g/mol. The van der Waals surface area contributed by atoms with Crippen LogP contribution in [0.3, 0.4) is 0 Å². The summed E-state index contributed by atoms with van der Waals surface area (Å²) < 4.78 is 5.76. The molecule has 134 valence electrons. The number of piperidine rings is 1. The summed E-state index contributed by atoms with van der Waals surface area (Å²) in [6.45, 7) is 1.21. The van der Waals surface area contributed by atoms with Crippen LogP contribution in [0.25, 0.3) is 6.08 Å². The Morgan fingerprint density at radius 1 is 1.23 bits per heavy atom. The molecule has 0 aliphatic carbocycles. The standard InChI is InChI=1S/C18H18N4O4/c23-18(8-5-14-3-6-15(7-4-14)22(24)25)21-12-9-16(10-13-21)26-17-2-1-11-19-20-17/h1-8,11,16H,9-10,12-13H2/b8-5+. The summed E-state index contributed by atoms with van der Waals surface area (Å²) in [5.74, 6) is 0.414. The van der Waals surface area contributed by atoms with Gasteiger partial charge < -0.3 is 9.64 Å². The second-order valence-electron chi connectivity index (χ2n) is 5.89. The highest BCUT2D eigenvalue weighted by atomic mass is 16.6. The van der Waals surface area contributed by atoms with Crippen molar-refractivity contribution in [2.45, 2.75) is 18.9 Å². The van der Waals surface area contributed by atoms with Crippen LogP contribution in [0.5, 0.6) is 5.88 Å². The molecule has 1 aliphatic rings. The van der Waals surface area contributed by atoms with Crippen LogP contribution in [0, 0.1) is 10.1 Å². The molecule has 2 aromatic rings. The Hall–Kier alpha value is -3.29. The largest absolute Gasteiger partial charge is 0.473 e. The lowest BCUT2D eigenvalue weighted by Gasteiger charge is -2.31. The lowest BCUT2D eigenvalue weighted by Crippen LogP contribution is -2.41. The highest BCUT2D eigenvalue weighted by molar-refractivity contribution is 5.91. The van der Waals surface area contributed by atoms with Gasteiger partial charge in [0.25, 0.3) is 5.69 Å². The van der Waals surface area contributed by atoms with E-state index in [0.29, 0.717) is 19.0 Å². The van der Waals surface area contributed by atoms with E-state index in [2.05, 4.69) is 10.2 Å². The van der Waals surface area contributed by atoms with E-state index in [1.807, 2.05) is 0 Å². The van der Waals surface area contributed by atoms with Crippen molar-refractivity contribution in [2.75, 3.05) is 13.1 Å². The van der Waals surface area contributed by atoms with Gasteiger partial charge in [-0.15, -0.1) is 5.10 Å². The lowest BCUT2D eigenvalue weighted by molar-refractivity contribution is -0.384. The molecule has 1 aliphatic heterocycles. The van der Waals surface area contributed by atoms with Gasteiger partial charge in [-0.25, -0.2) is 0 Å². The fraction of sp³-hybridized carbons (Fsp3) is 0.278. The van der Waals surface area contributed by atoms with Gasteiger partial charge in [-0.05, 0) is 29.8 Å². The molecule has 1 amide bonds. The number of benzene rings is 1. The Morgan fingerprint density at radius 2 is 1.96 bits per heavy atom. The van der Waals surface area contributed by atoms with Crippen LogP contribution in [0.1, 0.15) is 18.4 Å². The molecule has 1 aromatic heterocycles. The number of rotatable bonds is 5. The SMILES string of the molecule is O=C(/C=C/c1ccc([N+](=O)[O-])cc1)N1CCC(Oc2cccnn2)CC1. The molecule has 0 saturated carbocycles. The third-order valence-electron chi connectivity index (χ3n) is 4.11. The first-order valence-electron chi connectivity index (χ1n) is 8.27. The highest BCUT2D eigenvalue weighted by Gasteiger charge is 2.23. The van der Waals surface area contributed by atoms with E-state index in [0.717, 1.165) is 18.4 Å². The maximum Gasteiger partial charge on any atom is 0.269 e. The maximum atomic E-state index is 12.3. The molecule has 0 unspecified atom stereocenters. The van der Waals surface area contributed by atoms with Crippen LogP contribution in [0.15, 0.2) is 48.7 Å². The monoisotopic (exact) mass is 354 g/mol. The fourth-order valence-corrected chi connectivity index (χ4v) is 2.70. The first-order chi connectivity index (χ1) is 12.6. The van der Waals surface area contributed by atoms with Gasteiger partial charge >= 0.3 is 0 Å². The van der Waals surface area contributed by atoms with Gasteiger partial charge in [-0.2, -0.15) is 5.10 Å². The highest BCUT2D eigenvalue weighted by Crippen LogP contribution is 2.17. The van der Waals surface area contributed by atoms with Gasteiger partial charge in [0.1, 0.15) is 6.10 Å². The van der Waals surface area contributed by atoms with Crippen molar-refractivity contribution in [1.29, 1.82) is 0 Å². The molecule has 8 heteroatoms. The predicted molar refractivity (Wildman–Crippen MR) is 94.4 cm³/mol. The first-order valence-corrected chi connectivity index (χ1v) is 8.27. The Labute approximate surface area is 150 Å². The van der Waals surface area contributed by atoms with E-state index in [1.54, 1.807) is 41.4 Å². The molecule has 0 atom stereocenters. The van der Waals surface area contributed by atoms with Crippen molar-refractivity contribution < 1.29 is 14.5 Å². The third kappa shape index (κ3) is 4.62. The number of ether oxygens (including phenoxy) is 1. The van der Waals surface area contributed by atoms with E-state index in [4.69, 9.17) is 4.74 Å². The van der Waals surface area contributed by atoms with E-state index in [9.17, 15) is 14.9 Å². The van der Waals surface area contributed by atoms with Crippen molar-refractivity contribution in [3.63, 3.8) is 0 Å². The molecule has 0 radical (unpaired) electrons. The summed E-state index contributed by atoms with van der Waals surface area (Å²) in [6, 6.07) is 9.59. The van der Waals surface area contributed by atoms with Crippen LogP contribution in [-0.4, -0.2) is 45.1 Å². The fourth-order valence-electron chi connectivity index (χ4n) is 2.70. The van der Waals surface area contributed by atoms with Crippen LogP contribution in [0.4, 0.5) is 5.69 Å². The first kappa shape index (κ1) is 17.5. The lowest BCUT2D eigenvalue weighted by atomic mass is 10.1. The molecule has 8 nitrogen and oxygen atoms in total. The zero-order chi connectivity index (χ0) is 18.4. The number of non-ortho nitro benzene ring substituents is 1. The van der Waals surface area contributed by atoms with Crippen molar-refractivity contribution in [3.05, 3.63) is 64.3 Å². The average molecular weight is 354 g/mol. The smallest absolute Gasteiger partial charge is 0.269 e. The Morgan fingerprint density at radius 3 is 2.58 bits per heavy atom. The van der Waals surface area contributed by atoms with Crippen molar-refractivity contribution in [1.82, 2.24) is 15.1 Å². The average Bonchev–Trinajstić information content (AvgIpc) is 2.68. The molecular formula is C18H18N4O4. The van der Waals surface area contributed by atoms with Gasteiger partial charge in [-0.3, -0.25) is 14.9 Å². The summed E-state index contributed by atoms with van der Waals surface area (Å²) in [5, 5.41) is 18.3. The normalized spacial score (nSPS) is 15.2. The molecule has 0 N–H and O–H groups in total. The van der Waals surface area contributed by atoms with E-state index >= 15 is 0 Å². The summed E-state index contributed by atoms with van der Waals surface area (Å²) in [7, 11) is 0. The van der Waals surface area contributed by atoms with Crippen molar-refractivity contribution in [2.24, 2.45) is 0 Å². The van der Waals surface area contributed by atoms with Gasteiger partial charge in [0, 0.05) is 56.4 Å².